The van der Waals surface area contributed by atoms with Gasteiger partial charge in [-0.2, -0.15) is 8.62 Å². The number of hydrogen-bond acceptors (Lipinski definition) is 13. The maximum absolute atomic E-state index is 12.6. The minimum absolute atomic E-state index is 0.217. The van der Waals surface area contributed by atoms with Crippen molar-refractivity contribution < 1.29 is 70.2 Å². The van der Waals surface area contributed by atoms with Gasteiger partial charge in [-0.3, -0.25) is 23.4 Å². The van der Waals surface area contributed by atoms with Crippen molar-refractivity contribution in [2.24, 2.45) is 0 Å². The summed E-state index contributed by atoms with van der Waals surface area (Å²) in [6.07, 6.45) is -6.81. The lowest BCUT2D eigenvalue weighted by Crippen LogP contribution is -2.37. The Bertz CT molecular complexity index is 1800. The minimum Gasteiger partial charge on any atom is -0.387 e. The number of nitrogens with one attached hydrogen (secondary N) is 1. The van der Waals surface area contributed by atoms with Gasteiger partial charge in [-0.1, -0.05) is 42.5 Å². The first-order valence-electron chi connectivity index (χ1n) is 11.8. The van der Waals surface area contributed by atoms with Crippen molar-refractivity contribution >= 4 is 41.8 Å². The van der Waals surface area contributed by atoms with E-state index < -0.39 is 79.6 Å². The summed E-state index contributed by atoms with van der Waals surface area (Å²) in [6, 6.07) is 12.2. The number of H-pyrrole nitrogens is 1. The van der Waals surface area contributed by atoms with E-state index in [-0.39, 0.29) is 5.56 Å². The van der Waals surface area contributed by atoms with Crippen LogP contribution in [0.5, 0.6) is 0 Å². The van der Waals surface area contributed by atoms with E-state index in [1.54, 1.807) is 36.4 Å². The summed E-state index contributed by atoms with van der Waals surface area (Å²) in [5.74, 6) is 0. The standard InChI is InChI=1S/C20H24N2O17P4/c23-16-8-9-22(20(26)21-16)19-18(25)17(24)15(36-19)10-35-41(29,30)38-43(33,34)39-42(31,32)37-40(27,28)11-13-6-3-5-12-4-1-2-7-14(12)13/h1-9,15,17-19,24-25H,10-11H2,(H,27,28)(H,29,30)(H,31,32)(H,33,34)(H,21,23,26)/t15-,17-,18-,19-/m1/s1. The Morgan fingerprint density at radius 1 is 0.814 bits per heavy atom. The number of phosphoric ester groups is 1. The fraction of sp³-hybridized carbons (Fsp3) is 0.300. The van der Waals surface area contributed by atoms with Crippen molar-refractivity contribution in [2.75, 3.05) is 6.61 Å². The van der Waals surface area contributed by atoms with Crippen LogP contribution in [0, 0.1) is 0 Å². The van der Waals surface area contributed by atoms with Gasteiger partial charge < -0.3 is 34.5 Å². The van der Waals surface area contributed by atoms with Crippen LogP contribution in [0.15, 0.2) is 64.3 Å². The minimum atomic E-state index is -6.04. The molecule has 43 heavy (non-hydrogen) atoms. The molecule has 0 aliphatic carbocycles. The molecule has 3 aromatic rings. The van der Waals surface area contributed by atoms with Crippen LogP contribution >= 0.6 is 31.1 Å². The number of fused-ring (bicyclic) bond motifs is 1. The van der Waals surface area contributed by atoms with Crippen LogP contribution in [-0.4, -0.2) is 64.3 Å². The molecule has 23 heteroatoms. The van der Waals surface area contributed by atoms with Crippen molar-refractivity contribution in [2.45, 2.75) is 30.7 Å². The number of nitrogens with zero attached hydrogens (tertiary/aromatic N) is 1. The Kier molecular flexibility index (Phi) is 9.96. The normalized spacial score (nSPS) is 26.3. The van der Waals surface area contributed by atoms with E-state index in [1.807, 2.05) is 4.98 Å². The van der Waals surface area contributed by atoms with Crippen LogP contribution in [0.2, 0.25) is 0 Å². The van der Waals surface area contributed by atoms with E-state index in [0.29, 0.717) is 15.3 Å². The number of benzene rings is 2. The molecular weight excluding hydrogens is 664 g/mol. The van der Waals surface area contributed by atoms with Gasteiger partial charge in [0.05, 0.1) is 12.8 Å². The van der Waals surface area contributed by atoms with Crippen LogP contribution in [0.3, 0.4) is 0 Å². The summed E-state index contributed by atoms with van der Waals surface area (Å²) in [4.78, 5) is 64.7. The van der Waals surface area contributed by atoms with Gasteiger partial charge in [-0.05, 0) is 16.3 Å². The molecule has 2 aromatic carbocycles. The summed E-state index contributed by atoms with van der Waals surface area (Å²) in [5, 5.41) is 21.5. The molecule has 0 radical (unpaired) electrons. The first-order valence-corrected chi connectivity index (χ1v) is 18.0. The Hall–Kier alpha value is -2.14. The largest absolute Gasteiger partial charge is 0.490 e. The molecule has 1 aromatic heterocycles. The first-order chi connectivity index (χ1) is 19.9. The zero-order chi connectivity index (χ0) is 31.8. The van der Waals surface area contributed by atoms with Gasteiger partial charge in [0.15, 0.2) is 6.23 Å². The third kappa shape index (κ3) is 8.74. The summed E-state index contributed by atoms with van der Waals surface area (Å²) in [7, 11) is -22.7. The lowest BCUT2D eigenvalue weighted by Gasteiger charge is -2.21. The van der Waals surface area contributed by atoms with Crippen molar-refractivity contribution in [1.82, 2.24) is 9.55 Å². The second-order valence-electron chi connectivity index (χ2n) is 8.94. The van der Waals surface area contributed by atoms with Gasteiger partial charge >= 0.3 is 36.8 Å². The molecule has 1 saturated heterocycles. The van der Waals surface area contributed by atoms with Crippen LogP contribution in [0.25, 0.3) is 10.8 Å². The average Bonchev–Trinajstić information content (AvgIpc) is 3.14. The maximum atomic E-state index is 12.6. The Morgan fingerprint density at radius 2 is 1.44 bits per heavy atom. The molecule has 1 aliphatic rings. The summed E-state index contributed by atoms with van der Waals surface area (Å²) >= 11 is 0. The quantitative estimate of drug-likeness (QED) is 0.131. The van der Waals surface area contributed by atoms with Gasteiger partial charge in [0.2, 0.25) is 0 Å². The SMILES string of the molecule is O=c1ccn([C@@H]2O[C@H](COP(=O)(O)OP(=O)(O)OP(=O)(O)OP(=O)(O)Cc3cccc4ccccc34)[C@@H](O)[C@H]2O)c(=O)[nH]1. The van der Waals surface area contributed by atoms with Gasteiger partial charge in [-0.25, -0.2) is 22.8 Å². The van der Waals surface area contributed by atoms with Gasteiger partial charge in [0.25, 0.3) is 5.56 Å². The molecule has 7 N–H and O–H groups in total. The molecule has 0 bridgehead atoms. The Balaban J connectivity index is 1.36. The van der Waals surface area contributed by atoms with Gasteiger partial charge in [0, 0.05) is 12.3 Å². The van der Waals surface area contributed by atoms with Crippen molar-refractivity contribution in [3.63, 3.8) is 0 Å². The Morgan fingerprint density at radius 3 is 2.14 bits per heavy atom. The lowest BCUT2D eigenvalue weighted by atomic mass is 10.1. The highest BCUT2D eigenvalue weighted by Gasteiger charge is 2.48. The maximum Gasteiger partial charge on any atom is 0.490 e. The molecular formula is C20H24N2O17P4. The van der Waals surface area contributed by atoms with E-state index in [4.69, 9.17) is 4.74 Å². The predicted molar refractivity (Wildman–Crippen MR) is 143 cm³/mol. The van der Waals surface area contributed by atoms with Crippen LogP contribution in [0.4, 0.5) is 0 Å². The van der Waals surface area contributed by atoms with Crippen LogP contribution in [-0.2, 0) is 46.6 Å². The van der Waals surface area contributed by atoms with Crippen LogP contribution < -0.4 is 11.2 Å². The van der Waals surface area contributed by atoms with E-state index in [0.717, 1.165) is 12.3 Å². The zero-order valence-corrected chi connectivity index (χ0v) is 24.9. The zero-order valence-electron chi connectivity index (χ0n) is 21.3. The molecule has 236 valence electrons. The number of aromatic amines is 1. The molecule has 0 saturated carbocycles. The third-order valence-electron chi connectivity index (χ3n) is 5.76. The molecule has 1 fully saturated rings. The summed E-state index contributed by atoms with van der Waals surface area (Å²) in [6.45, 7) is -1.12. The first kappa shape index (κ1) is 33.7. The molecule has 19 nitrogen and oxygen atoms in total. The van der Waals surface area contributed by atoms with Crippen molar-refractivity contribution in [1.29, 1.82) is 0 Å². The number of aliphatic hydroxyl groups excluding tert-OH is 2. The van der Waals surface area contributed by atoms with Crippen molar-refractivity contribution in [3.8, 4) is 0 Å². The molecule has 4 rings (SSSR count). The summed E-state index contributed by atoms with van der Waals surface area (Å²) in [5.41, 5.74) is -1.58. The summed E-state index contributed by atoms with van der Waals surface area (Å²) < 4.78 is 71.7. The molecule has 4 unspecified atom stereocenters. The topological polar surface area (TPSA) is 291 Å². The third-order valence-corrected chi connectivity index (χ3v) is 12.1. The number of rotatable bonds is 12. The highest BCUT2D eigenvalue weighted by atomic mass is 31.3. The van der Waals surface area contributed by atoms with E-state index in [1.165, 1.54) is 6.07 Å². The fourth-order valence-corrected chi connectivity index (χ4v) is 9.65. The fourth-order valence-electron chi connectivity index (χ4n) is 4.04. The van der Waals surface area contributed by atoms with Gasteiger partial charge in [-0.15, -0.1) is 0 Å². The van der Waals surface area contributed by atoms with Crippen molar-refractivity contribution in [3.05, 3.63) is 81.1 Å². The lowest BCUT2D eigenvalue weighted by molar-refractivity contribution is -0.0542. The van der Waals surface area contributed by atoms with E-state index >= 15 is 0 Å². The van der Waals surface area contributed by atoms with E-state index in [2.05, 4.69) is 17.5 Å². The number of hydrogen-bond donors (Lipinski definition) is 7. The highest BCUT2D eigenvalue weighted by molar-refractivity contribution is 7.70. The monoisotopic (exact) mass is 688 g/mol. The van der Waals surface area contributed by atoms with Gasteiger partial charge in [0.1, 0.15) is 18.3 Å². The number of phosphoric acid groups is 3. The molecule has 8 atom stereocenters. The second-order valence-corrected chi connectivity index (χ2v) is 15.6. The average molecular weight is 688 g/mol. The number of aliphatic hydroxyl groups is 2. The smallest absolute Gasteiger partial charge is 0.387 e. The number of aromatic nitrogens is 2. The molecule has 0 amide bonds. The van der Waals surface area contributed by atoms with E-state index in [9.17, 15) is 57.6 Å². The second kappa shape index (κ2) is 12.7. The molecule has 2 heterocycles. The highest BCUT2D eigenvalue weighted by Crippen LogP contribution is 2.71. The predicted octanol–water partition coefficient (Wildman–Crippen LogP) is 1.06. The Labute approximate surface area is 240 Å². The van der Waals surface area contributed by atoms with Crippen LogP contribution in [0.1, 0.15) is 11.8 Å². The molecule has 1 aliphatic heterocycles. The number of ether oxygens (including phenoxy) is 1. The molecule has 0 spiro atoms.